The van der Waals surface area contributed by atoms with Crippen molar-refractivity contribution in [3.05, 3.63) is 69.8 Å². The van der Waals surface area contributed by atoms with Crippen molar-refractivity contribution in [1.29, 1.82) is 0 Å². The summed E-state index contributed by atoms with van der Waals surface area (Å²) in [4.78, 5) is 32.6. The maximum atomic E-state index is 13.7. The van der Waals surface area contributed by atoms with E-state index in [1.54, 1.807) is 19.1 Å². The largest absolute Gasteiger partial charge is 0.335 e. The minimum Gasteiger partial charge on any atom is -0.335 e. The van der Waals surface area contributed by atoms with E-state index in [1.807, 2.05) is 30.1 Å². The number of carbonyl (C=O) groups excluding carboxylic acids is 1. The number of H-pyrrole nitrogens is 1. The summed E-state index contributed by atoms with van der Waals surface area (Å²) in [6.07, 6.45) is 2.05. The van der Waals surface area contributed by atoms with Crippen LogP contribution in [0.2, 0.25) is 0 Å². The standard InChI is InChI=1S/C25H28FN3O2/c1-16-12-19(26)13-21-20(16)14-22(27-23(21)30)17-6-8-18(9-7-17)24(31)29(4)25(2)10-5-11-28(3)15-25/h6-9,12-14H,5,10-11,15H2,1-4H3,(H,27,30). The van der Waals surface area contributed by atoms with Gasteiger partial charge in [0.05, 0.1) is 10.9 Å². The molecule has 162 valence electrons. The molecule has 1 aromatic heterocycles. The molecule has 1 fully saturated rings. The Morgan fingerprint density at radius 1 is 1.16 bits per heavy atom. The van der Waals surface area contributed by atoms with Crippen molar-refractivity contribution in [3.63, 3.8) is 0 Å². The van der Waals surface area contributed by atoms with E-state index < -0.39 is 5.82 Å². The van der Waals surface area contributed by atoms with Crippen molar-refractivity contribution in [2.75, 3.05) is 27.2 Å². The Bertz CT molecular complexity index is 1200. The van der Waals surface area contributed by atoms with Gasteiger partial charge in [0.25, 0.3) is 11.5 Å². The normalized spacial score (nSPS) is 19.5. The zero-order valence-electron chi connectivity index (χ0n) is 18.5. The molecule has 0 bridgehead atoms. The Morgan fingerprint density at radius 2 is 1.87 bits per heavy atom. The minimum atomic E-state index is -0.423. The van der Waals surface area contributed by atoms with Crippen molar-refractivity contribution in [2.45, 2.75) is 32.2 Å². The molecule has 0 saturated carbocycles. The van der Waals surface area contributed by atoms with Gasteiger partial charge in [-0.25, -0.2) is 4.39 Å². The summed E-state index contributed by atoms with van der Waals surface area (Å²) in [5.74, 6) is -0.434. The number of rotatable bonds is 3. The van der Waals surface area contributed by atoms with Gasteiger partial charge in [-0.1, -0.05) is 12.1 Å². The van der Waals surface area contributed by atoms with Gasteiger partial charge >= 0.3 is 0 Å². The predicted molar refractivity (Wildman–Crippen MR) is 122 cm³/mol. The number of aromatic amines is 1. The molecule has 4 rings (SSSR count). The van der Waals surface area contributed by atoms with Crippen LogP contribution in [0.5, 0.6) is 0 Å². The van der Waals surface area contributed by atoms with Crippen molar-refractivity contribution in [1.82, 2.24) is 14.8 Å². The van der Waals surface area contributed by atoms with E-state index in [0.717, 1.165) is 36.9 Å². The minimum absolute atomic E-state index is 0.0114. The summed E-state index contributed by atoms with van der Waals surface area (Å²) in [5.41, 5.74) is 2.23. The highest BCUT2D eigenvalue weighted by Gasteiger charge is 2.36. The molecule has 1 aliphatic rings. The van der Waals surface area contributed by atoms with Crippen LogP contribution in [0, 0.1) is 12.7 Å². The number of fused-ring (bicyclic) bond motifs is 1. The van der Waals surface area contributed by atoms with E-state index in [9.17, 15) is 14.0 Å². The number of likely N-dealkylation sites (tertiary alicyclic amines) is 1. The summed E-state index contributed by atoms with van der Waals surface area (Å²) in [6.45, 7) is 5.84. The number of hydrogen-bond donors (Lipinski definition) is 1. The molecule has 31 heavy (non-hydrogen) atoms. The Kier molecular flexibility index (Phi) is 5.43. The lowest BCUT2D eigenvalue weighted by molar-refractivity contribution is 0.0368. The topological polar surface area (TPSA) is 56.4 Å². The van der Waals surface area contributed by atoms with Crippen LogP contribution in [0.25, 0.3) is 22.0 Å². The van der Waals surface area contributed by atoms with Crippen LogP contribution in [-0.4, -0.2) is 53.4 Å². The Morgan fingerprint density at radius 3 is 2.55 bits per heavy atom. The van der Waals surface area contributed by atoms with Gasteiger partial charge in [0.2, 0.25) is 0 Å². The van der Waals surface area contributed by atoms with Crippen LogP contribution in [-0.2, 0) is 0 Å². The number of nitrogens with zero attached hydrogens (tertiary/aromatic N) is 2. The quantitative estimate of drug-likeness (QED) is 0.690. The highest BCUT2D eigenvalue weighted by Crippen LogP contribution is 2.28. The molecule has 0 aliphatic carbocycles. The van der Waals surface area contributed by atoms with Crippen LogP contribution < -0.4 is 5.56 Å². The zero-order valence-corrected chi connectivity index (χ0v) is 18.5. The Labute approximate surface area is 181 Å². The number of halogens is 1. The van der Waals surface area contributed by atoms with Gasteiger partial charge < -0.3 is 14.8 Å². The first-order valence-corrected chi connectivity index (χ1v) is 10.6. The number of benzene rings is 2. The molecule has 1 amide bonds. The zero-order chi connectivity index (χ0) is 22.3. The molecule has 1 unspecified atom stereocenters. The van der Waals surface area contributed by atoms with E-state index in [4.69, 9.17) is 0 Å². The van der Waals surface area contributed by atoms with Crippen molar-refractivity contribution >= 4 is 16.7 Å². The smallest absolute Gasteiger partial charge is 0.256 e. The van der Waals surface area contributed by atoms with Gasteiger partial charge in [0.1, 0.15) is 5.82 Å². The molecule has 1 atom stereocenters. The molecule has 0 spiro atoms. The first kappa shape index (κ1) is 21.2. The number of pyridine rings is 1. The van der Waals surface area contributed by atoms with Gasteiger partial charge in [-0.15, -0.1) is 0 Å². The Hall–Kier alpha value is -2.99. The Balaban J connectivity index is 1.62. The van der Waals surface area contributed by atoms with Gasteiger partial charge in [-0.2, -0.15) is 0 Å². The average Bonchev–Trinajstić information content (AvgIpc) is 2.73. The third kappa shape index (κ3) is 4.00. The molecule has 2 heterocycles. The van der Waals surface area contributed by atoms with E-state index in [2.05, 4.69) is 23.9 Å². The highest BCUT2D eigenvalue weighted by atomic mass is 19.1. The fourth-order valence-electron chi connectivity index (χ4n) is 4.63. The fourth-order valence-corrected chi connectivity index (χ4v) is 4.63. The number of aryl methyl sites for hydroxylation is 1. The van der Waals surface area contributed by atoms with Gasteiger partial charge in [-0.3, -0.25) is 9.59 Å². The highest BCUT2D eigenvalue weighted by molar-refractivity contribution is 5.95. The van der Waals surface area contributed by atoms with E-state index >= 15 is 0 Å². The number of nitrogens with one attached hydrogen (secondary N) is 1. The first-order chi connectivity index (χ1) is 14.7. The maximum absolute atomic E-state index is 13.7. The predicted octanol–water partition coefficient (Wildman–Crippen LogP) is 4.20. The third-order valence-corrected chi connectivity index (χ3v) is 6.56. The summed E-state index contributed by atoms with van der Waals surface area (Å²) < 4.78 is 13.7. The van der Waals surface area contributed by atoms with Crippen LogP contribution in [0.3, 0.4) is 0 Å². The van der Waals surface area contributed by atoms with Gasteiger partial charge in [0.15, 0.2) is 0 Å². The summed E-state index contributed by atoms with van der Waals surface area (Å²) in [5, 5.41) is 1.05. The van der Waals surface area contributed by atoms with E-state index in [-0.39, 0.29) is 17.0 Å². The molecule has 2 aromatic carbocycles. The molecular weight excluding hydrogens is 393 g/mol. The monoisotopic (exact) mass is 421 g/mol. The maximum Gasteiger partial charge on any atom is 0.256 e. The molecule has 6 heteroatoms. The SMILES string of the molecule is Cc1cc(F)cc2c(=O)[nH]c(-c3ccc(C(=O)N(C)C4(C)CCCN(C)C4)cc3)cc12. The molecule has 1 saturated heterocycles. The van der Waals surface area contributed by atoms with Crippen molar-refractivity contribution < 1.29 is 9.18 Å². The number of hydrogen-bond acceptors (Lipinski definition) is 3. The van der Waals surface area contributed by atoms with Crippen molar-refractivity contribution in [3.8, 4) is 11.3 Å². The fraction of sp³-hybridized carbons (Fsp3) is 0.360. The number of likely N-dealkylation sites (N-methyl/N-ethyl adjacent to an activating group) is 2. The summed E-state index contributed by atoms with van der Waals surface area (Å²) in [7, 11) is 3.96. The van der Waals surface area contributed by atoms with E-state index in [1.165, 1.54) is 12.1 Å². The molecular formula is C25H28FN3O2. The lowest BCUT2D eigenvalue weighted by Gasteiger charge is -2.45. The van der Waals surface area contributed by atoms with Crippen molar-refractivity contribution in [2.24, 2.45) is 0 Å². The second-order valence-electron chi connectivity index (χ2n) is 8.98. The van der Waals surface area contributed by atoms with Gasteiger partial charge in [-0.05, 0) is 87.1 Å². The number of carbonyl (C=O) groups is 1. The molecule has 5 nitrogen and oxygen atoms in total. The molecule has 0 radical (unpaired) electrons. The summed E-state index contributed by atoms with van der Waals surface area (Å²) in [6, 6.07) is 11.8. The lowest BCUT2D eigenvalue weighted by Crippen LogP contribution is -2.56. The molecule has 3 aromatic rings. The summed E-state index contributed by atoms with van der Waals surface area (Å²) >= 11 is 0. The van der Waals surface area contributed by atoms with Crippen LogP contribution >= 0.6 is 0 Å². The van der Waals surface area contributed by atoms with Crippen LogP contribution in [0.15, 0.2) is 47.3 Å². The van der Waals surface area contributed by atoms with Crippen LogP contribution in [0.1, 0.15) is 35.7 Å². The first-order valence-electron chi connectivity index (χ1n) is 10.6. The molecule has 1 aliphatic heterocycles. The molecule has 1 N–H and O–H groups in total. The second kappa shape index (κ2) is 7.93. The van der Waals surface area contributed by atoms with Crippen LogP contribution in [0.4, 0.5) is 4.39 Å². The van der Waals surface area contributed by atoms with E-state index in [0.29, 0.717) is 22.2 Å². The third-order valence-electron chi connectivity index (χ3n) is 6.56. The average molecular weight is 422 g/mol. The second-order valence-corrected chi connectivity index (χ2v) is 8.98. The number of piperidine rings is 1. The number of amides is 1. The van der Waals surface area contributed by atoms with Gasteiger partial charge in [0, 0.05) is 24.8 Å². The lowest BCUT2D eigenvalue weighted by atomic mass is 9.89. The number of aromatic nitrogens is 1.